The largest absolute Gasteiger partial charge is 0.481 e. The minimum atomic E-state index is -0.865. The second-order valence-corrected chi connectivity index (χ2v) is 8.38. The van der Waals surface area contributed by atoms with Gasteiger partial charge in [0, 0.05) is 12.8 Å². The number of hydrogen-bond donors (Lipinski definition) is 2. The Balaban J connectivity index is 1.94. The van der Waals surface area contributed by atoms with Crippen LogP contribution < -0.4 is 5.35 Å². The Hall–Kier alpha value is -3.83. The van der Waals surface area contributed by atoms with Crippen LogP contribution >= 0.6 is 0 Å². The van der Waals surface area contributed by atoms with E-state index in [-0.39, 0.29) is 12.8 Å². The van der Waals surface area contributed by atoms with Crippen LogP contribution in [0.25, 0.3) is 16.7 Å². The van der Waals surface area contributed by atoms with Crippen molar-refractivity contribution in [3.63, 3.8) is 0 Å². The fourth-order valence-corrected chi connectivity index (χ4v) is 4.76. The molecule has 7 nitrogen and oxygen atoms in total. The maximum atomic E-state index is 12.3. The minimum Gasteiger partial charge on any atom is -0.481 e. The molecule has 0 fully saturated rings. The molecule has 0 aliphatic heterocycles. The van der Waals surface area contributed by atoms with Gasteiger partial charge in [-0.05, 0) is 60.9 Å². The SMILES string of the molecule is Cc1ccc2c(CCCC(=O)O)c(CCCC(=O)O)c3c(=C=O)n(Cc4ccccc4)c1n23. The van der Waals surface area contributed by atoms with Crippen LogP contribution in [0, 0.1) is 6.92 Å². The number of benzene rings is 1. The van der Waals surface area contributed by atoms with E-state index in [2.05, 4.69) is 10.3 Å². The zero-order valence-electron chi connectivity index (χ0n) is 18.5. The molecule has 0 saturated carbocycles. The highest BCUT2D eigenvalue weighted by Crippen LogP contribution is 2.31. The van der Waals surface area contributed by atoms with Crippen LogP contribution in [-0.4, -0.2) is 37.1 Å². The Bertz CT molecular complexity index is 1410. The highest BCUT2D eigenvalue weighted by molar-refractivity contribution is 5.84. The summed E-state index contributed by atoms with van der Waals surface area (Å²) in [6.07, 6.45) is 2.03. The fourth-order valence-electron chi connectivity index (χ4n) is 4.76. The summed E-state index contributed by atoms with van der Waals surface area (Å²) in [7, 11) is 0. The third kappa shape index (κ3) is 4.28. The first-order valence-corrected chi connectivity index (χ1v) is 11.1. The molecule has 170 valence electrons. The number of nitrogens with zero attached hydrogens (tertiary/aromatic N) is 2. The summed E-state index contributed by atoms with van der Waals surface area (Å²) < 4.78 is 4.05. The summed E-state index contributed by atoms with van der Waals surface area (Å²) >= 11 is 0. The molecule has 0 aliphatic carbocycles. The molecule has 0 spiro atoms. The molecule has 0 aliphatic rings. The van der Waals surface area contributed by atoms with Gasteiger partial charge in [0.1, 0.15) is 5.65 Å². The highest BCUT2D eigenvalue weighted by Gasteiger charge is 2.23. The van der Waals surface area contributed by atoms with Gasteiger partial charge in [0.05, 0.1) is 17.6 Å². The molecule has 0 unspecified atom stereocenters. The molecule has 4 aromatic rings. The van der Waals surface area contributed by atoms with E-state index in [1.165, 1.54) is 0 Å². The number of rotatable bonds is 10. The Morgan fingerprint density at radius 3 is 2.15 bits per heavy atom. The monoisotopic (exact) mass is 446 g/mol. The first kappa shape index (κ1) is 22.4. The zero-order chi connectivity index (χ0) is 23.5. The molecule has 0 radical (unpaired) electrons. The van der Waals surface area contributed by atoms with Gasteiger partial charge < -0.3 is 14.8 Å². The number of hydrogen-bond acceptors (Lipinski definition) is 3. The summed E-state index contributed by atoms with van der Waals surface area (Å²) in [6, 6.07) is 13.9. The number of carbonyl (C=O) groups is 2. The first-order valence-electron chi connectivity index (χ1n) is 11.1. The second kappa shape index (κ2) is 9.35. The zero-order valence-corrected chi connectivity index (χ0v) is 18.5. The molecule has 3 heterocycles. The van der Waals surface area contributed by atoms with Gasteiger partial charge in [0.25, 0.3) is 0 Å². The van der Waals surface area contributed by atoms with E-state index in [0.717, 1.165) is 38.9 Å². The number of imidazole rings is 1. The molecule has 3 aromatic heterocycles. The van der Waals surface area contributed by atoms with Crippen molar-refractivity contribution in [2.75, 3.05) is 0 Å². The quantitative estimate of drug-likeness (QED) is 0.389. The van der Waals surface area contributed by atoms with Crippen LogP contribution in [0.15, 0.2) is 42.5 Å². The van der Waals surface area contributed by atoms with Crippen LogP contribution in [0.1, 0.15) is 47.9 Å². The Kier molecular flexibility index (Phi) is 6.33. The Labute approximate surface area is 190 Å². The van der Waals surface area contributed by atoms with E-state index in [4.69, 9.17) is 10.2 Å². The smallest absolute Gasteiger partial charge is 0.303 e. The summed E-state index contributed by atoms with van der Waals surface area (Å²) in [5.74, 6) is 0.442. The van der Waals surface area contributed by atoms with Crippen LogP contribution in [0.4, 0.5) is 0 Å². The molecular weight excluding hydrogens is 420 g/mol. The molecule has 0 bridgehead atoms. The third-order valence-electron chi connectivity index (χ3n) is 6.14. The van der Waals surface area contributed by atoms with Gasteiger partial charge >= 0.3 is 11.9 Å². The topological polar surface area (TPSA) is 101 Å². The maximum absolute atomic E-state index is 12.3. The van der Waals surface area contributed by atoms with Gasteiger partial charge in [-0.25, -0.2) is 4.79 Å². The molecule has 2 N–H and O–H groups in total. The van der Waals surface area contributed by atoms with Gasteiger partial charge in [-0.3, -0.25) is 14.0 Å². The number of aryl methyl sites for hydroxylation is 3. The maximum Gasteiger partial charge on any atom is 0.303 e. The molecule has 0 atom stereocenters. The van der Waals surface area contributed by atoms with Crippen molar-refractivity contribution >= 4 is 34.6 Å². The Morgan fingerprint density at radius 2 is 1.55 bits per heavy atom. The number of carboxylic acids is 2. The van der Waals surface area contributed by atoms with E-state index in [9.17, 15) is 14.4 Å². The van der Waals surface area contributed by atoms with Crippen molar-refractivity contribution in [3.8, 4) is 0 Å². The summed E-state index contributed by atoms with van der Waals surface area (Å²) in [4.78, 5) is 34.5. The average molecular weight is 447 g/mol. The van der Waals surface area contributed by atoms with E-state index < -0.39 is 11.9 Å². The lowest BCUT2D eigenvalue weighted by atomic mass is 9.99. The molecule has 33 heavy (non-hydrogen) atoms. The summed E-state index contributed by atoms with van der Waals surface area (Å²) in [5, 5.41) is 18.7. The van der Waals surface area contributed by atoms with E-state index in [1.807, 2.05) is 54.0 Å². The van der Waals surface area contributed by atoms with E-state index >= 15 is 0 Å². The molecule has 4 rings (SSSR count). The number of carboxylic acid groups (broad SMARTS) is 2. The Morgan fingerprint density at radius 1 is 0.909 bits per heavy atom. The number of pyridine rings is 1. The van der Waals surface area contributed by atoms with Crippen molar-refractivity contribution in [1.29, 1.82) is 0 Å². The van der Waals surface area contributed by atoms with Crippen molar-refractivity contribution in [1.82, 2.24) is 8.97 Å². The highest BCUT2D eigenvalue weighted by atomic mass is 16.4. The van der Waals surface area contributed by atoms with Gasteiger partial charge in [-0.1, -0.05) is 36.4 Å². The molecule has 0 saturated heterocycles. The molecule has 0 amide bonds. The predicted molar refractivity (Wildman–Crippen MR) is 124 cm³/mol. The summed E-state index contributed by atoms with van der Waals surface area (Å²) in [6.45, 7) is 2.51. The first-order chi connectivity index (χ1) is 15.9. The average Bonchev–Trinajstić information content (AvgIpc) is 3.25. The lowest BCUT2D eigenvalue weighted by Gasteiger charge is -2.10. The van der Waals surface area contributed by atoms with Crippen LogP contribution in [0.3, 0.4) is 0 Å². The molecular formula is C26H26N2O5. The van der Waals surface area contributed by atoms with Crippen molar-refractivity contribution in [2.24, 2.45) is 0 Å². The van der Waals surface area contributed by atoms with Crippen molar-refractivity contribution in [3.05, 3.63) is 70.1 Å². The van der Waals surface area contributed by atoms with Crippen molar-refractivity contribution < 1.29 is 24.6 Å². The van der Waals surface area contributed by atoms with Crippen molar-refractivity contribution in [2.45, 2.75) is 52.0 Å². The van der Waals surface area contributed by atoms with Gasteiger partial charge in [-0.15, -0.1) is 0 Å². The second-order valence-electron chi connectivity index (χ2n) is 8.38. The normalized spacial score (nSPS) is 11.3. The number of aromatic nitrogens is 2. The van der Waals surface area contributed by atoms with E-state index in [1.54, 1.807) is 0 Å². The minimum absolute atomic E-state index is 0.0277. The van der Waals surface area contributed by atoms with Crippen LogP contribution in [0.2, 0.25) is 0 Å². The van der Waals surface area contributed by atoms with Gasteiger partial charge in [-0.2, -0.15) is 0 Å². The fraction of sp³-hybridized carbons (Fsp3) is 0.308. The predicted octanol–water partition coefficient (Wildman–Crippen LogP) is 3.29. The third-order valence-corrected chi connectivity index (χ3v) is 6.14. The van der Waals surface area contributed by atoms with E-state index in [0.29, 0.717) is 37.6 Å². The lowest BCUT2D eigenvalue weighted by molar-refractivity contribution is -0.138. The van der Waals surface area contributed by atoms with Crippen LogP contribution in [-0.2, 0) is 33.8 Å². The lowest BCUT2D eigenvalue weighted by Crippen LogP contribution is -2.20. The van der Waals surface area contributed by atoms with Gasteiger partial charge in [0.15, 0.2) is 11.3 Å². The van der Waals surface area contributed by atoms with Gasteiger partial charge in [0.2, 0.25) is 0 Å². The molecule has 7 heteroatoms. The van der Waals surface area contributed by atoms with Crippen LogP contribution in [0.5, 0.6) is 0 Å². The standard InChI is InChI=1S/C26H26N2O5/c1-17-13-14-21-19(9-5-11-23(30)31)20(10-6-12-24(32)33)25-22(16-29)27(26(17)28(21)25)15-18-7-3-2-4-8-18/h2-4,7-8,13-14H,5-6,9-12,15H2,1H3,(H,30,31)(H,32,33). The summed E-state index contributed by atoms with van der Waals surface area (Å²) in [5.41, 5.74) is 6.56. The molecule has 1 aromatic carbocycles. The number of aliphatic carboxylic acids is 2. The number of carbonyl (C=O) groups excluding carboxylic acids is 1.